The van der Waals surface area contributed by atoms with Crippen molar-refractivity contribution >= 4 is 0 Å². The maximum absolute atomic E-state index is 12.8. The molecule has 5 heteroatoms. The number of benzene rings is 1. The van der Waals surface area contributed by atoms with Gasteiger partial charge < -0.3 is 10.4 Å². The molecule has 0 bridgehead atoms. The van der Waals surface area contributed by atoms with Crippen molar-refractivity contribution in [3.05, 3.63) is 35.4 Å². The van der Waals surface area contributed by atoms with Crippen LogP contribution in [0.15, 0.2) is 24.3 Å². The molecule has 0 heterocycles. The molecule has 0 aliphatic heterocycles. The van der Waals surface area contributed by atoms with E-state index in [1.54, 1.807) is 19.9 Å². The Kier molecular flexibility index (Phi) is 5.16. The molecule has 2 nitrogen and oxygen atoms in total. The van der Waals surface area contributed by atoms with E-state index in [1.165, 1.54) is 12.1 Å². The molecule has 0 fully saturated rings. The second kappa shape index (κ2) is 6.20. The monoisotopic (exact) mass is 261 g/mol. The lowest BCUT2D eigenvalue weighted by Gasteiger charge is -2.19. The average Bonchev–Trinajstić information content (AvgIpc) is 2.27. The standard InChI is InChI=1S/C13H18F3NO/c1-9(18)7-8-17-10(2)11-5-3-4-6-12(11)13(14,15)16/h3-6,9-10,17-18H,7-8H2,1-2H3. The molecule has 1 aromatic rings. The van der Waals surface area contributed by atoms with Gasteiger partial charge in [0, 0.05) is 6.04 Å². The van der Waals surface area contributed by atoms with E-state index in [0.717, 1.165) is 6.07 Å². The van der Waals surface area contributed by atoms with Crippen molar-refractivity contribution in [3.63, 3.8) is 0 Å². The zero-order valence-electron chi connectivity index (χ0n) is 10.5. The van der Waals surface area contributed by atoms with E-state index in [-0.39, 0.29) is 5.56 Å². The number of hydrogen-bond donors (Lipinski definition) is 2. The van der Waals surface area contributed by atoms with Crippen molar-refractivity contribution in [3.8, 4) is 0 Å². The van der Waals surface area contributed by atoms with Gasteiger partial charge in [0.05, 0.1) is 11.7 Å². The molecule has 0 aliphatic rings. The Hall–Kier alpha value is -1.07. The predicted molar refractivity (Wildman–Crippen MR) is 64.2 cm³/mol. The molecule has 0 amide bonds. The minimum absolute atomic E-state index is 0.232. The van der Waals surface area contributed by atoms with E-state index in [2.05, 4.69) is 5.32 Å². The fraction of sp³-hybridized carbons (Fsp3) is 0.538. The first-order chi connectivity index (χ1) is 8.32. The summed E-state index contributed by atoms with van der Waals surface area (Å²) in [5.41, 5.74) is -0.377. The Morgan fingerprint density at radius 3 is 2.39 bits per heavy atom. The van der Waals surface area contributed by atoms with Crippen LogP contribution in [0.2, 0.25) is 0 Å². The van der Waals surface area contributed by atoms with Crippen LogP contribution in [0, 0.1) is 0 Å². The van der Waals surface area contributed by atoms with E-state index in [4.69, 9.17) is 5.11 Å². The van der Waals surface area contributed by atoms with Crippen molar-refractivity contribution in [2.24, 2.45) is 0 Å². The summed E-state index contributed by atoms with van der Waals surface area (Å²) in [7, 11) is 0. The molecule has 0 aromatic heterocycles. The summed E-state index contributed by atoms with van der Waals surface area (Å²) in [6, 6.07) is 5.14. The van der Waals surface area contributed by atoms with Gasteiger partial charge in [0.2, 0.25) is 0 Å². The van der Waals surface area contributed by atoms with Crippen LogP contribution in [-0.4, -0.2) is 17.8 Å². The first kappa shape index (κ1) is 15.0. The molecular formula is C13H18F3NO. The third-order valence-electron chi connectivity index (χ3n) is 2.75. The van der Waals surface area contributed by atoms with E-state index in [0.29, 0.717) is 13.0 Å². The number of aliphatic hydroxyl groups excluding tert-OH is 1. The van der Waals surface area contributed by atoms with Gasteiger partial charge in [0.15, 0.2) is 0 Å². The van der Waals surface area contributed by atoms with E-state index in [9.17, 15) is 13.2 Å². The highest BCUT2D eigenvalue weighted by Gasteiger charge is 2.33. The number of alkyl halides is 3. The fourth-order valence-electron chi connectivity index (χ4n) is 1.75. The summed E-state index contributed by atoms with van der Waals surface area (Å²) in [4.78, 5) is 0. The Morgan fingerprint density at radius 2 is 1.83 bits per heavy atom. The van der Waals surface area contributed by atoms with Crippen molar-refractivity contribution in [1.82, 2.24) is 5.32 Å². The van der Waals surface area contributed by atoms with Crippen LogP contribution >= 0.6 is 0 Å². The first-order valence-corrected chi connectivity index (χ1v) is 5.90. The smallest absolute Gasteiger partial charge is 0.393 e. The third kappa shape index (κ3) is 4.31. The minimum Gasteiger partial charge on any atom is -0.393 e. The van der Waals surface area contributed by atoms with Gasteiger partial charge in [-0.1, -0.05) is 18.2 Å². The Morgan fingerprint density at radius 1 is 1.22 bits per heavy atom. The summed E-state index contributed by atoms with van der Waals surface area (Å²) in [5, 5.41) is 12.1. The lowest BCUT2D eigenvalue weighted by molar-refractivity contribution is -0.138. The van der Waals surface area contributed by atoms with Crippen LogP contribution < -0.4 is 5.32 Å². The Labute approximate surface area is 105 Å². The van der Waals surface area contributed by atoms with E-state index in [1.807, 2.05) is 0 Å². The highest BCUT2D eigenvalue weighted by atomic mass is 19.4. The quantitative estimate of drug-likeness (QED) is 0.853. The molecule has 0 spiro atoms. The van der Waals surface area contributed by atoms with Gasteiger partial charge in [-0.3, -0.25) is 0 Å². The van der Waals surface area contributed by atoms with Crippen LogP contribution in [0.3, 0.4) is 0 Å². The lowest BCUT2D eigenvalue weighted by atomic mass is 10.0. The number of rotatable bonds is 5. The molecule has 1 rings (SSSR count). The zero-order chi connectivity index (χ0) is 13.8. The zero-order valence-corrected chi connectivity index (χ0v) is 10.5. The Bertz CT molecular complexity index is 377. The third-order valence-corrected chi connectivity index (χ3v) is 2.75. The minimum atomic E-state index is -4.34. The molecule has 102 valence electrons. The van der Waals surface area contributed by atoms with Crippen LogP contribution in [0.5, 0.6) is 0 Å². The average molecular weight is 261 g/mol. The van der Waals surface area contributed by atoms with Crippen LogP contribution in [0.4, 0.5) is 13.2 Å². The van der Waals surface area contributed by atoms with Gasteiger partial charge in [0.25, 0.3) is 0 Å². The molecule has 18 heavy (non-hydrogen) atoms. The van der Waals surface area contributed by atoms with Gasteiger partial charge in [-0.2, -0.15) is 13.2 Å². The van der Waals surface area contributed by atoms with Crippen LogP contribution in [0.1, 0.15) is 37.4 Å². The molecule has 0 radical (unpaired) electrons. The molecular weight excluding hydrogens is 243 g/mol. The summed E-state index contributed by atoms with van der Waals surface area (Å²) in [6.45, 7) is 3.81. The number of hydrogen-bond acceptors (Lipinski definition) is 2. The number of nitrogens with one attached hydrogen (secondary N) is 1. The second-order valence-corrected chi connectivity index (χ2v) is 4.40. The van der Waals surface area contributed by atoms with Gasteiger partial charge in [-0.05, 0) is 38.4 Å². The van der Waals surface area contributed by atoms with Gasteiger partial charge in [0.1, 0.15) is 0 Å². The molecule has 2 atom stereocenters. The van der Waals surface area contributed by atoms with Crippen molar-refractivity contribution < 1.29 is 18.3 Å². The van der Waals surface area contributed by atoms with E-state index >= 15 is 0 Å². The molecule has 2 unspecified atom stereocenters. The molecule has 2 N–H and O–H groups in total. The lowest BCUT2D eigenvalue weighted by Crippen LogP contribution is -2.24. The molecule has 0 saturated heterocycles. The van der Waals surface area contributed by atoms with Gasteiger partial charge in [-0.25, -0.2) is 0 Å². The fourth-order valence-corrected chi connectivity index (χ4v) is 1.75. The Balaban J connectivity index is 2.76. The van der Waals surface area contributed by atoms with Crippen molar-refractivity contribution in [2.45, 2.75) is 38.6 Å². The topological polar surface area (TPSA) is 32.3 Å². The summed E-state index contributed by atoms with van der Waals surface area (Å²) >= 11 is 0. The summed E-state index contributed by atoms with van der Waals surface area (Å²) < 4.78 is 38.4. The first-order valence-electron chi connectivity index (χ1n) is 5.90. The van der Waals surface area contributed by atoms with Crippen LogP contribution in [0.25, 0.3) is 0 Å². The SMILES string of the molecule is CC(O)CCNC(C)c1ccccc1C(F)(F)F. The largest absolute Gasteiger partial charge is 0.416 e. The maximum Gasteiger partial charge on any atom is 0.416 e. The van der Waals surface area contributed by atoms with Crippen molar-refractivity contribution in [1.29, 1.82) is 0 Å². The molecule has 0 aliphatic carbocycles. The van der Waals surface area contributed by atoms with Gasteiger partial charge >= 0.3 is 6.18 Å². The summed E-state index contributed by atoms with van der Waals surface area (Å²) in [6.07, 6.45) is -4.28. The highest BCUT2D eigenvalue weighted by Crippen LogP contribution is 2.34. The maximum atomic E-state index is 12.8. The second-order valence-electron chi connectivity index (χ2n) is 4.40. The highest BCUT2D eigenvalue weighted by molar-refractivity contribution is 5.31. The number of halogens is 3. The van der Waals surface area contributed by atoms with Crippen molar-refractivity contribution in [2.75, 3.05) is 6.54 Å². The summed E-state index contributed by atoms with van der Waals surface area (Å²) in [5.74, 6) is 0. The molecule has 1 aromatic carbocycles. The molecule has 0 saturated carbocycles. The predicted octanol–water partition coefficient (Wildman–Crippen LogP) is 3.13. The normalized spacial score (nSPS) is 15.4. The van der Waals surface area contributed by atoms with E-state index < -0.39 is 23.9 Å². The van der Waals surface area contributed by atoms with Crippen LogP contribution in [-0.2, 0) is 6.18 Å². The number of aliphatic hydroxyl groups is 1. The van der Waals surface area contributed by atoms with Gasteiger partial charge in [-0.15, -0.1) is 0 Å².